The number of imide groups is 1. The highest BCUT2D eigenvalue weighted by atomic mass is 16.5. The molecule has 0 atom stereocenters. The highest BCUT2D eigenvalue weighted by Crippen LogP contribution is 2.33. The smallest absolute Gasteiger partial charge is 0.344 e. The first kappa shape index (κ1) is 19.0. The van der Waals surface area contributed by atoms with Gasteiger partial charge in [0.1, 0.15) is 17.9 Å². The van der Waals surface area contributed by atoms with E-state index < -0.39 is 23.4 Å². The topological polar surface area (TPSA) is 87.7 Å². The minimum Gasteiger partial charge on any atom is -0.488 e. The van der Waals surface area contributed by atoms with E-state index in [2.05, 4.69) is 10.7 Å². The van der Waals surface area contributed by atoms with E-state index in [0.29, 0.717) is 25.2 Å². The number of ether oxygens (including phenoxy) is 1. The van der Waals surface area contributed by atoms with Crippen LogP contribution in [0.15, 0.2) is 54.6 Å². The van der Waals surface area contributed by atoms with E-state index in [9.17, 15) is 14.4 Å². The number of carbonyl (C=O) groups excluding carboxylic acids is 3. The van der Waals surface area contributed by atoms with E-state index in [-0.39, 0.29) is 5.56 Å². The van der Waals surface area contributed by atoms with Gasteiger partial charge in [0, 0.05) is 0 Å². The third-order valence-corrected chi connectivity index (χ3v) is 5.45. The summed E-state index contributed by atoms with van der Waals surface area (Å²) in [4.78, 5) is 38.1. The summed E-state index contributed by atoms with van der Waals surface area (Å²) in [6.45, 7) is 0.303. The zero-order chi connectivity index (χ0) is 20.3. The Labute approximate surface area is 169 Å². The van der Waals surface area contributed by atoms with Gasteiger partial charge in [0.05, 0.1) is 5.56 Å². The molecular formula is C22H23N3O4. The monoisotopic (exact) mass is 393 g/mol. The Hall–Kier alpha value is -3.35. The summed E-state index contributed by atoms with van der Waals surface area (Å²) in [5.41, 5.74) is 2.80. The molecule has 1 heterocycles. The second-order valence-corrected chi connectivity index (χ2v) is 7.42. The van der Waals surface area contributed by atoms with Gasteiger partial charge in [-0.3, -0.25) is 15.0 Å². The normalized spacial score (nSPS) is 17.9. The molecule has 2 aliphatic rings. The van der Waals surface area contributed by atoms with Crippen molar-refractivity contribution in [2.45, 2.75) is 44.2 Å². The van der Waals surface area contributed by atoms with Crippen LogP contribution in [0.3, 0.4) is 0 Å². The second-order valence-electron chi connectivity index (χ2n) is 7.42. The molecule has 1 aliphatic heterocycles. The first-order chi connectivity index (χ1) is 14.1. The third-order valence-electron chi connectivity index (χ3n) is 5.45. The lowest BCUT2D eigenvalue weighted by atomic mass is 9.82. The predicted molar refractivity (Wildman–Crippen MR) is 106 cm³/mol. The van der Waals surface area contributed by atoms with Gasteiger partial charge in [0.25, 0.3) is 11.8 Å². The molecule has 2 fully saturated rings. The summed E-state index contributed by atoms with van der Waals surface area (Å²) in [6.07, 6.45) is 4.00. The molecule has 1 saturated heterocycles. The molecule has 7 heteroatoms. The molecule has 0 unspecified atom stereocenters. The Morgan fingerprint density at radius 2 is 1.69 bits per heavy atom. The van der Waals surface area contributed by atoms with Crippen LogP contribution in [0.2, 0.25) is 0 Å². The van der Waals surface area contributed by atoms with E-state index in [4.69, 9.17) is 4.74 Å². The Balaban J connectivity index is 1.47. The summed E-state index contributed by atoms with van der Waals surface area (Å²) in [6, 6.07) is 15.8. The number of hydrogen-bond acceptors (Lipinski definition) is 4. The average molecular weight is 393 g/mol. The van der Waals surface area contributed by atoms with Crippen molar-refractivity contribution in [1.29, 1.82) is 0 Å². The maximum atomic E-state index is 12.9. The van der Waals surface area contributed by atoms with Crippen LogP contribution in [0.5, 0.6) is 5.75 Å². The molecule has 4 amide bonds. The van der Waals surface area contributed by atoms with Gasteiger partial charge in [0.15, 0.2) is 0 Å². The van der Waals surface area contributed by atoms with Crippen molar-refractivity contribution in [2.24, 2.45) is 0 Å². The lowest BCUT2D eigenvalue weighted by molar-refractivity contribution is -0.134. The number of benzene rings is 2. The Morgan fingerprint density at radius 3 is 2.45 bits per heavy atom. The summed E-state index contributed by atoms with van der Waals surface area (Å²) in [5.74, 6) is -0.573. The number of hydrazine groups is 1. The lowest BCUT2D eigenvalue weighted by Gasteiger charge is -2.30. The molecule has 2 N–H and O–H groups in total. The van der Waals surface area contributed by atoms with Crippen LogP contribution in [0.25, 0.3) is 0 Å². The van der Waals surface area contributed by atoms with E-state index in [1.165, 1.54) is 0 Å². The molecule has 0 aromatic heterocycles. The molecule has 29 heavy (non-hydrogen) atoms. The van der Waals surface area contributed by atoms with E-state index in [1.54, 1.807) is 24.3 Å². The summed E-state index contributed by atoms with van der Waals surface area (Å²) < 4.78 is 5.81. The van der Waals surface area contributed by atoms with Crippen LogP contribution in [0.1, 0.15) is 48.0 Å². The van der Waals surface area contributed by atoms with Gasteiger partial charge in [-0.2, -0.15) is 5.01 Å². The van der Waals surface area contributed by atoms with Crippen LogP contribution >= 0.6 is 0 Å². The molecule has 0 bridgehead atoms. The van der Waals surface area contributed by atoms with Gasteiger partial charge in [-0.25, -0.2) is 4.79 Å². The maximum absolute atomic E-state index is 12.9. The SMILES string of the molecule is O=C(NN1C(=O)NC2(CCCCC2)C1=O)c1ccccc1OCc1ccccc1. The fourth-order valence-corrected chi connectivity index (χ4v) is 3.89. The molecule has 2 aromatic rings. The zero-order valence-corrected chi connectivity index (χ0v) is 16.0. The molecule has 4 rings (SSSR count). The van der Waals surface area contributed by atoms with Crippen molar-refractivity contribution in [3.8, 4) is 5.75 Å². The number of hydrogen-bond donors (Lipinski definition) is 2. The van der Waals surface area contributed by atoms with Crippen molar-refractivity contribution >= 4 is 17.8 Å². The van der Waals surface area contributed by atoms with Crippen molar-refractivity contribution in [1.82, 2.24) is 15.8 Å². The zero-order valence-electron chi connectivity index (χ0n) is 16.0. The highest BCUT2D eigenvalue weighted by Gasteiger charge is 2.52. The van der Waals surface area contributed by atoms with Gasteiger partial charge in [-0.05, 0) is 30.5 Å². The molecule has 1 saturated carbocycles. The minimum atomic E-state index is -0.883. The first-order valence-electron chi connectivity index (χ1n) is 9.82. The number of nitrogens with one attached hydrogen (secondary N) is 2. The fraction of sp³-hybridized carbons (Fsp3) is 0.318. The predicted octanol–water partition coefficient (Wildman–Crippen LogP) is 3.17. The van der Waals surface area contributed by atoms with E-state index in [1.807, 2.05) is 30.3 Å². The van der Waals surface area contributed by atoms with Crippen LogP contribution in [-0.4, -0.2) is 28.4 Å². The minimum absolute atomic E-state index is 0.258. The Morgan fingerprint density at radius 1 is 1.00 bits per heavy atom. The fourth-order valence-electron chi connectivity index (χ4n) is 3.89. The van der Waals surface area contributed by atoms with Crippen LogP contribution < -0.4 is 15.5 Å². The van der Waals surface area contributed by atoms with Gasteiger partial charge < -0.3 is 10.1 Å². The van der Waals surface area contributed by atoms with E-state index >= 15 is 0 Å². The molecule has 150 valence electrons. The Bertz CT molecular complexity index is 923. The molecule has 0 radical (unpaired) electrons. The molecule has 2 aromatic carbocycles. The molecule has 7 nitrogen and oxygen atoms in total. The van der Waals surface area contributed by atoms with Crippen LogP contribution in [0, 0.1) is 0 Å². The van der Waals surface area contributed by atoms with Crippen LogP contribution in [-0.2, 0) is 11.4 Å². The van der Waals surface area contributed by atoms with Crippen molar-refractivity contribution in [3.63, 3.8) is 0 Å². The van der Waals surface area contributed by atoms with Crippen molar-refractivity contribution < 1.29 is 19.1 Å². The number of rotatable bonds is 5. The van der Waals surface area contributed by atoms with Crippen LogP contribution in [0.4, 0.5) is 4.79 Å². The quantitative estimate of drug-likeness (QED) is 0.764. The highest BCUT2D eigenvalue weighted by molar-refractivity contribution is 6.09. The number of nitrogens with zero attached hydrogens (tertiary/aromatic N) is 1. The molecule has 1 spiro atoms. The number of amides is 4. The molecule has 1 aliphatic carbocycles. The van der Waals surface area contributed by atoms with Gasteiger partial charge in [-0.15, -0.1) is 0 Å². The summed E-state index contributed by atoms with van der Waals surface area (Å²) in [7, 11) is 0. The van der Waals surface area contributed by atoms with Crippen molar-refractivity contribution in [2.75, 3.05) is 0 Å². The first-order valence-corrected chi connectivity index (χ1v) is 9.82. The standard InChI is InChI=1S/C22H23N3O4/c26-19(24-25-20(27)22(23-21(25)28)13-7-2-8-14-22)17-11-5-6-12-18(17)29-15-16-9-3-1-4-10-16/h1,3-6,9-12H,2,7-8,13-15H2,(H,23,28)(H,24,26). The average Bonchev–Trinajstić information content (AvgIpc) is 2.97. The van der Waals surface area contributed by atoms with Crippen molar-refractivity contribution in [3.05, 3.63) is 65.7 Å². The van der Waals surface area contributed by atoms with Gasteiger partial charge in [-0.1, -0.05) is 61.7 Å². The van der Waals surface area contributed by atoms with Gasteiger partial charge >= 0.3 is 6.03 Å². The number of carbonyl (C=O) groups is 3. The number of urea groups is 1. The maximum Gasteiger partial charge on any atom is 0.344 e. The van der Waals surface area contributed by atoms with Gasteiger partial charge in [0.2, 0.25) is 0 Å². The lowest BCUT2D eigenvalue weighted by Crippen LogP contribution is -2.51. The largest absolute Gasteiger partial charge is 0.488 e. The Kier molecular flexibility index (Phi) is 5.20. The number of para-hydroxylation sites is 1. The van der Waals surface area contributed by atoms with E-state index in [0.717, 1.165) is 29.8 Å². The second kappa shape index (κ2) is 7.95. The summed E-state index contributed by atoms with van der Waals surface area (Å²) in [5, 5.41) is 3.59. The molecular weight excluding hydrogens is 370 g/mol. The summed E-state index contributed by atoms with van der Waals surface area (Å²) >= 11 is 0. The third kappa shape index (κ3) is 3.81.